The van der Waals surface area contributed by atoms with Gasteiger partial charge < -0.3 is 14.5 Å². The lowest BCUT2D eigenvalue weighted by atomic mass is 9.59. The maximum Gasteiger partial charge on any atom is 0.246 e. The second-order valence-electron chi connectivity index (χ2n) is 16.4. The number of hydrogen-bond acceptors (Lipinski definition) is 7. The number of hydrogen-bond donors (Lipinski definition) is 2. The Labute approximate surface area is 293 Å². The fourth-order valence-corrected chi connectivity index (χ4v) is 10.8. The number of carbonyl (C=O) groups is 1. The molecule has 2 N–H and O–H groups in total. The highest BCUT2D eigenvalue weighted by Gasteiger charge is 2.56. The summed E-state index contributed by atoms with van der Waals surface area (Å²) in [5.41, 5.74) is 2.66. The third-order valence-corrected chi connectivity index (χ3v) is 13.6. The molecule has 1 spiro atoms. The van der Waals surface area contributed by atoms with E-state index in [1.54, 1.807) is 12.1 Å². The monoisotopic (exact) mass is 674 g/mol. The van der Waals surface area contributed by atoms with E-state index in [1.807, 2.05) is 11.0 Å². The molecule has 7 rings (SSSR count). The highest BCUT2D eigenvalue weighted by Crippen LogP contribution is 2.51. The Morgan fingerprint density at radius 2 is 1.86 bits per heavy atom. The Kier molecular flexibility index (Phi) is 10.8. The molecule has 3 saturated heterocycles. The molecule has 7 atom stereocenters. The van der Waals surface area contributed by atoms with E-state index in [-0.39, 0.29) is 35.4 Å². The summed E-state index contributed by atoms with van der Waals surface area (Å²) < 4.78 is 21.8. The van der Waals surface area contributed by atoms with Crippen molar-refractivity contribution in [2.75, 3.05) is 39.8 Å². The summed E-state index contributed by atoms with van der Waals surface area (Å²) in [5, 5.41) is 18.3. The van der Waals surface area contributed by atoms with E-state index in [1.165, 1.54) is 62.1 Å². The van der Waals surface area contributed by atoms with Crippen molar-refractivity contribution in [3.8, 4) is 6.07 Å². The van der Waals surface area contributed by atoms with Gasteiger partial charge in [-0.15, -0.1) is 0 Å². The van der Waals surface area contributed by atoms with Crippen molar-refractivity contribution in [3.63, 3.8) is 0 Å². The smallest absolute Gasteiger partial charge is 0.246 e. The molecule has 0 bridgehead atoms. The number of nitriles is 1. The molecule has 3 aliphatic carbocycles. The molecule has 8 nitrogen and oxygen atoms in total. The minimum Gasteiger partial charge on any atom is -0.345 e. The van der Waals surface area contributed by atoms with Crippen molar-refractivity contribution < 1.29 is 13.9 Å². The first-order valence-corrected chi connectivity index (χ1v) is 19.5. The normalized spacial score (nSPS) is 36.3. The molecule has 1 aromatic carbocycles. The number of carbonyl (C=O) groups excluding carboxylic acids is 1. The van der Waals surface area contributed by atoms with E-state index in [0.717, 1.165) is 64.5 Å². The summed E-state index contributed by atoms with van der Waals surface area (Å²) in [6, 6.07) is 8.30. The van der Waals surface area contributed by atoms with Crippen LogP contribution >= 0.6 is 0 Å². The third-order valence-electron chi connectivity index (χ3n) is 13.6. The van der Waals surface area contributed by atoms with Crippen molar-refractivity contribution in [1.82, 2.24) is 25.3 Å². The number of fused-ring (bicyclic) bond motifs is 2. The summed E-state index contributed by atoms with van der Waals surface area (Å²) in [5.74, 6) is -0.150. The van der Waals surface area contributed by atoms with E-state index in [9.17, 15) is 14.4 Å². The molecule has 9 heteroatoms. The van der Waals surface area contributed by atoms with Crippen molar-refractivity contribution in [3.05, 3.63) is 47.8 Å². The summed E-state index contributed by atoms with van der Waals surface area (Å²) in [4.78, 5) is 19.7. The predicted octanol–water partition coefficient (Wildman–Crippen LogP) is 5.73. The number of benzene rings is 1. The number of ether oxygens (including phenoxy) is 1. The SMILES string of the molecule is C=CC(=O)N1CCN(C2NC(OC[C@H]3CCCN3C)(C3CCCCCCC3)NC3C[C@]4(CCc5ccc(F)cc5C4)CCC32)C[C@H]1CC#N. The summed E-state index contributed by atoms with van der Waals surface area (Å²) in [7, 11) is 2.23. The van der Waals surface area contributed by atoms with Gasteiger partial charge in [-0.1, -0.05) is 44.7 Å². The Bertz CT molecular complexity index is 1380. The summed E-state index contributed by atoms with van der Waals surface area (Å²) in [6.07, 6.45) is 19.1. The van der Waals surface area contributed by atoms with E-state index in [0.29, 0.717) is 44.0 Å². The van der Waals surface area contributed by atoms with Crippen LogP contribution in [0.1, 0.15) is 101 Å². The second kappa shape index (κ2) is 15.1. The largest absolute Gasteiger partial charge is 0.345 e. The Morgan fingerprint density at radius 3 is 2.61 bits per heavy atom. The van der Waals surface area contributed by atoms with Gasteiger partial charge in [0.2, 0.25) is 5.91 Å². The molecule has 0 aromatic heterocycles. The molecular weight excluding hydrogens is 615 g/mol. The fraction of sp³-hybridized carbons (Fsp3) is 0.750. The van der Waals surface area contributed by atoms with Gasteiger partial charge in [0.15, 0.2) is 5.85 Å². The molecule has 3 heterocycles. The van der Waals surface area contributed by atoms with E-state index in [2.05, 4.69) is 40.1 Å². The highest BCUT2D eigenvalue weighted by molar-refractivity contribution is 5.87. The number of piperazine rings is 1. The van der Waals surface area contributed by atoms with E-state index >= 15 is 0 Å². The lowest BCUT2D eigenvalue weighted by molar-refractivity contribution is -0.210. The van der Waals surface area contributed by atoms with Gasteiger partial charge in [0, 0.05) is 43.6 Å². The standard InChI is InChI=1S/C40H59FN6O2/c1-3-37(48)47-23-22-46(27-33(47)17-20-42)38-35-16-19-39(18-15-29-13-14-32(41)24-30(29)25-39)26-36(35)43-40(44-38,31-10-7-5-4-6-8-11-31)49-28-34-12-9-21-45(34)2/h3,13-14,24,31,33-36,38,43-44H,1,4-12,15-19,21-23,25-28H2,2H3/t33-,34-,35?,36?,38?,39-,40?/m1/s1. The van der Waals surface area contributed by atoms with Gasteiger partial charge in [-0.05, 0) is 113 Å². The van der Waals surface area contributed by atoms with Gasteiger partial charge in [0.25, 0.3) is 0 Å². The average Bonchev–Trinajstić information content (AvgIpc) is 3.50. The minimum absolute atomic E-state index is 0.0749. The Balaban J connectivity index is 1.22. The molecule has 3 aliphatic heterocycles. The topological polar surface area (TPSA) is 83.9 Å². The van der Waals surface area contributed by atoms with Crippen LogP contribution in [0.4, 0.5) is 4.39 Å². The summed E-state index contributed by atoms with van der Waals surface area (Å²) >= 11 is 0. The number of aryl methyl sites for hydroxylation is 1. The van der Waals surface area contributed by atoms with E-state index < -0.39 is 5.85 Å². The molecule has 5 fully saturated rings. The zero-order valence-electron chi connectivity index (χ0n) is 29.8. The molecule has 0 radical (unpaired) electrons. The third kappa shape index (κ3) is 7.37. The van der Waals surface area contributed by atoms with Crippen LogP contribution in [0.5, 0.6) is 0 Å². The van der Waals surface area contributed by atoms with Gasteiger partial charge in [-0.25, -0.2) is 4.39 Å². The maximum absolute atomic E-state index is 14.5. The van der Waals surface area contributed by atoms with Gasteiger partial charge in [-0.3, -0.25) is 20.3 Å². The second-order valence-corrected chi connectivity index (χ2v) is 16.4. The van der Waals surface area contributed by atoms with Crippen LogP contribution in [0.2, 0.25) is 0 Å². The van der Waals surface area contributed by atoms with Crippen molar-refractivity contribution >= 4 is 5.91 Å². The molecule has 49 heavy (non-hydrogen) atoms. The lowest BCUT2D eigenvalue weighted by Crippen LogP contribution is -2.80. The van der Waals surface area contributed by atoms with Crippen LogP contribution < -0.4 is 10.6 Å². The first-order chi connectivity index (χ1) is 23.8. The van der Waals surface area contributed by atoms with Crippen LogP contribution in [-0.4, -0.2) is 90.6 Å². The van der Waals surface area contributed by atoms with Gasteiger partial charge in [-0.2, -0.15) is 5.26 Å². The van der Waals surface area contributed by atoms with E-state index in [4.69, 9.17) is 4.74 Å². The number of halogens is 1. The highest BCUT2D eigenvalue weighted by atomic mass is 19.1. The van der Waals surface area contributed by atoms with Crippen molar-refractivity contribution in [2.24, 2.45) is 17.3 Å². The average molecular weight is 675 g/mol. The number of nitrogens with zero attached hydrogens (tertiary/aromatic N) is 4. The fourth-order valence-electron chi connectivity index (χ4n) is 10.8. The maximum atomic E-state index is 14.5. The number of nitrogens with one attached hydrogen (secondary N) is 2. The molecule has 4 unspecified atom stereocenters. The predicted molar refractivity (Wildman–Crippen MR) is 190 cm³/mol. The van der Waals surface area contributed by atoms with Crippen LogP contribution in [0, 0.1) is 34.4 Å². The summed E-state index contributed by atoms with van der Waals surface area (Å²) in [6.45, 7) is 7.59. The Hall–Kier alpha value is -2.35. The van der Waals surface area contributed by atoms with Crippen LogP contribution in [0.25, 0.3) is 0 Å². The minimum atomic E-state index is -0.650. The zero-order valence-corrected chi connectivity index (χ0v) is 29.8. The molecule has 268 valence electrons. The number of amides is 1. The number of likely N-dealkylation sites (N-methyl/N-ethyl adjacent to an activating group) is 1. The first kappa shape index (κ1) is 35.1. The first-order valence-electron chi connectivity index (χ1n) is 19.5. The lowest BCUT2D eigenvalue weighted by Gasteiger charge is -2.61. The number of likely N-dealkylation sites (tertiary alicyclic amines) is 1. The van der Waals surface area contributed by atoms with Gasteiger partial charge in [0.1, 0.15) is 5.82 Å². The van der Waals surface area contributed by atoms with Crippen LogP contribution in [0.3, 0.4) is 0 Å². The molecule has 2 saturated carbocycles. The quantitative estimate of drug-likeness (QED) is 0.358. The molecule has 1 aromatic rings. The Morgan fingerprint density at radius 1 is 1.04 bits per heavy atom. The molecule has 1 amide bonds. The van der Waals surface area contributed by atoms with Crippen molar-refractivity contribution in [1.29, 1.82) is 5.26 Å². The van der Waals surface area contributed by atoms with Gasteiger partial charge in [0.05, 0.1) is 31.3 Å². The zero-order chi connectivity index (χ0) is 34.0. The van der Waals surface area contributed by atoms with Gasteiger partial charge >= 0.3 is 0 Å². The molecule has 6 aliphatic rings. The van der Waals surface area contributed by atoms with Crippen LogP contribution in [0.15, 0.2) is 30.9 Å². The van der Waals surface area contributed by atoms with Crippen LogP contribution in [-0.2, 0) is 22.4 Å². The van der Waals surface area contributed by atoms with Crippen molar-refractivity contribution in [2.45, 2.75) is 133 Å². The number of rotatable bonds is 7. The molecular formula is C40H59FN6O2.